The van der Waals surface area contributed by atoms with E-state index in [0.29, 0.717) is 76.1 Å². The second-order valence-corrected chi connectivity index (χ2v) is 16.4. The maximum absolute atomic E-state index is 7.23. The third-order valence-corrected chi connectivity index (χ3v) is 10.4. The normalized spacial score (nSPS) is 16.6. The fourth-order valence-electron chi connectivity index (χ4n) is 6.85. The van der Waals surface area contributed by atoms with E-state index >= 15 is 0 Å². The van der Waals surface area contributed by atoms with Crippen LogP contribution in [0.15, 0.2) is 78.9 Å². The summed E-state index contributed by atoms with van der Waals surface area (Å²) in [6, 6.07) is 27.5. The third-order valence-electron chi connectivity index (χ3n) is 9.73. The van der Waals surface area contributed by atoms with E-state index in [9.17, 15) is 0 Å². The van der Waals surface area contributed by atoms with Crippen LogP contribution in [-0.4, -0.2) is 66.1 Å². The largest absolute Gasteiger partial charge is 0.491 e. The van der Waals surface area contributed by atoms with Crippen LogP contribution in [0.4, 0.5) is 0 Å². The van der Waals surface area contributed by atoms with Crippen molar-refractivity contribution in [2.45, 2.75) is 58.3 Å². The Balaban J connectivity index is 1.63. The van der Waals surface area contributed by atoms with Crippen LogP contribution < -0.4 is 9.47 Å². The Morgan fingerprint density at radius 1 is 0.453 bits per heavy atom. The molecular weight excluding hydrogens is 707 g/mol. The van der Waals surface area contributed by atoms with Crippen molar-refractivity contribution in [1.82, 2.24) is 0 Å². The second kappa shape index (κ2) is 17.4. The van der Waals surface area contributed by atoms with Gasteiger partial charge >= 0.3 is 0 Å². The van der Waals surface area contributed by atoms with Gasteiger partial charge in [0.2, 0.25) is 0 Å². The molecule has 6 rings (SSSR count). The van der Waals surface area contributed by atoms with Crippen LogP contribution in [0, 0.1) is 0 Å². The molecule has 0 spiro atoms. The molecule has 53 heavy (non-hydrogen) atoms. The molecule has 1 heterocycles. The zero-order chi connectivity index (χ0) is 37.6. The molecule has 0 atom stereocenters. The number of fused-ring (bicyclic) bond motifs is 6. The summed E-state index contributed by atoms with van der Waals surface area (Å²) < 4.78 is 36.5. The van der Waals surface area contributed by atoms with Crippen molar-refractivity contribution < 1.29 is 28.4 Å². The summed E-state index contributed by atoms with van der Waals surface area (Å²) in [5, 5.41) is 5.40. The number of benzene rings is 5. The van der Waals surface area contributed by atoms with Crippen LogP contribution >= 0.6 is 23.2 Å². The van der Waals surface area contributed by atoms with Gasteiger partial charge in [-0.15, -0.1) is 0 Å². The molecule has 5 aromatic carbocycles. The van der Waals surface area contributed by atoms with Crippen LogP contribution in [0.25, 0.3) is 21.5 Å². The fourth-order valence-corrected chi connectivity index (χ4v) is 7.47. The van der Waals surface area contributed by atoms with E-state index in [1.165, 1.54) is 11.1 Å². The first-order valence-electron chi connectivity index (χ1n) is 18.6. The second-order valence-electron chi connectivity index (χ2n) is 15.5. The lowest BCUT2D eigenvalue weighted by atomic mass is 9.78. The van der Waals surface area contributed by atoms with Crippen molar-refractivity contribution in [2.24, 2.45) is 0 Å². The van der Waals surface area contributed by atoms with Crippen LogP contribution in [0.3, 0.4) is 0 Å². The van der Waals surface area contributed by atoms with Gasteiger partial charge in [0.05, 0.1) is 52.9 Å². The minimum Gasteiger partial charge on any atom is -0.491 e. The lowest BCUT2D eigenvalue weighted by Gasteiger charge is -2.29. The van der Waals surface area contributed by atoms with Crippen LogP contribution in [-0.2, 0) is 29.8 Å². The van der Waals surface area contributed by atoms with Gasteiger partial charge in [0.15, 0.2) is 0 Å². The van der Waals surface area contributed by atoms with E-state index in [1.54, 1.807) is 0 Å². The lowest BCUT2D eigenvalue weighted by molar-refractivity contribution is -0.00696. The molecular formula is C45H52Cl2O6. The van der Waals surface area contributed by atoms with Gasteiger partial charge in [-0.25, -0.2) is 0 Å². The maximum atomic E-state index is 7.23. The van der Waals surface area contributed by atoms with Crippen molar-refractivity contribution in [3.05, 3.63) is 117 Å². The SMILES string of the molecule is CC(C)(C)c1ccc2c3c(ccc2c1)OCCOCCOCCOCCOCCOc1ccc2cc(C(C)(C)C)ccc2c1C3c1c(Cl)cccc1Cl. The molecule has 0 saturated heterocycles. The van der Waals surface area contributed by atoms with Crippen LogP contribution in [0.2, 0.25) is 10.0 Å². The zero-order valence-electron chi connectivity index (χ0n) is 31.9. The molecule has 0 N–H and O–H groups in total. The first kappa shape index (κ1) is 39.3. The zero-order valence-corrected chi connectivity index (χ0v) is 33.4. The van der Waals surface area contributed by atoms with E-state index in [-0.39, 0.29) is 10.8 Å². The number of hydrogen-bond donors (Lipinski definition) is 0. The Labute approximate surface area is 324 Å². The first-order chi connectivity index (χ1) is 25.4. The molecule has 0 bridgehead atoms. The van der Waals surface area contributed by atoms with Crippen molar-refractivity contribution in [2.75, 3.05) is 66.1 Å². The van der Waals surface area contributed by atoms with E-state index in [4.69, 9.17) is 51.6 Å². The molecule has 1 aliphatic heterocycles. The quantitative estimate of drug-likeness (QED) is 0.170. The van der Waals surface area contributed by atoms with Gasteiger partial charge in [0, 0.05) is 32.7 Å². The molecule has 1 aliphatic rings. The Morgan fingerprint density at radius 2 is 0.830 bits per heavy atom. The molecule has 0 saturated carbocycles. The summed E-state index contributed by atoms with van der Waals surface area (Å²) in [4.78, 5) is 0. The maximum Gasteiger partial charge on any atom is 0.124 e. The summed E-state index contributed by atoms with van der Waals surface area (Å²) in [5.74, 6) is 0.970. The van der Waals surface area contributed by atoms with Crippen molar-refractivity contribution >= 4 is 44.7 Å². The Bertz CT molecular complexity index is 1870. The van der Waals surface area contributed by atoms with Crippen LogP contribution in [0.5, 0.6) is 11.5 Å². The number of rotatable bonds is 1. The van der Waals surface area contributed by atoms with Gasteiger partial charge in [-0.3, -0.25) is 0 Å². The molecule has 0 aromatic heterocycles. The highest BCUT2D eigenvalue weighted by Crippen LogP contribution is 2.51. The van der Waals surface area contributed by atoms with E-state index in [2.05, 4.69) is 102 Å². The van der Waals surface area contributed by atoms with Crippen molar-refractivity contribution in [3.8, 4) is 11.5 Å². The average Bonchev–Trinajstić information content (AvgIpc) is 3.11. The third kappa shape index (κ3) is 9.48. The highest BCUT2D eigenvalue weighted by Gasteiger charge is 2.32. The predicted octanol–water partition coefficient (Wildman–Crippen LogP) is 10.9. The van der Waals surface area contributed by atoms with Gasteiger partial charge in [0.25, 0.3) is 0 Å². The molecule has 282 valence electrons. The minimum absolute atomic E-state index is 0.0366. The highest BCUT2D eigenvalue weighted by molar-refractivity contribution is 6.36. The summed E-state index contributed by atoms with van der Waals surface area (Å²) in [6.45, 7) is 17.7. The Morgan fingerprint density at radius 3 is 1.21 bits per heavy atom. The molecule has 0 fully saturated rings. The standard InChI is InChI=1S/C45H52Cl2O6/c1-44(2,3)32-12-14-34-30(28-32)10-16-38-40(34)43(42-36(46)8-7-9-37(42)47)41-35-15-13-33(45(4,5)6)29-31(35)11-17-39(41)53-27-25-51-23-21-49-19-18-48-20-22-50-24-26-52-38/h7-17,28-29,43H,18-27H2,1-6H3. The van der Waals surface area contributed by atoms with Gasteiger partial charge in [0.1, 0.15) is 24.7 Å². The van der Waals surface area contributed by atoms with Crippen molar-refractivity contribution in [1.29, 1.82) is 0 Å². The van der Waals surface area contributed by atoms with E-state index in [1.807, 2.05) is 18.2 Å². The molecule has 8 heteroatoms. The Hall–Kier alpha value is -3.36. The number of halogens is 2. The predicted molar refractivity (Wildman–Crippen MR) is 217 cm³/mol. The molecule has 6 nitrogen and oxygen atoms in total. The number of hydrogen-bond acceptors (Lipinski definition) is 6. The van der Waals surface area contributed by atoms with E-state index < -0.39 is 5.92 Å². The molecule has 0 aliphatic carbocycles. The monoisotopic (exact) mass is 758 g/mol. The highest BCUT2D eigenvalue weighted by atomic mass is 35.5. The average molecular weight is 760 g/mol. The van der Waals surface area contributed by atoms with Gasteiger partial charge in [-0.2, -0.15) is 0 Å². The van der Waals surface area contributed by atoms with Crippen molar-refractivity contribution in [3.63, 3.8) is 0 Å². The molecule has 0 radical (unpaired) electrons. The molecule has 0 amide bonds. The van der Waals surface area contributed by atoms with Gasteiger partial charge in [-0.05, 0) is 67.8 Å². The Kier molecular flexibility index (Phi) is 12.9. The summed E-state index contributed by atoms with van der Waals surface area (Å²) >= 11 is 14.5. The fraction of sp³-hybridized carbons (Fsp3) is 0.422. The smallest absolute Gasteiger partial charge is 0.124 e. The van der Waals surface area contributed by atoms with Gasteiger partial charge in [-0.1, -0.05) is 119 Å². The lowest BCUT2D eigenvalue weighted by Crippen LogP contribution is -2.16. The van der Waals surface area contributed by atoms with Gasteiger partial charge < -0.3 is 28.4 Å². The minimum atomic E-state index is -0.479. The molecule has 0 unspecified atom stereocenters. The summed E-state index contributed by atoms with van der Waals surface area (Å²) in [5.41, 5.74) is 5.11. The van der Waals surface area contributed by atoms with Crippen LogP contribution in [0.1, 0.15) is 75.3 Å². The summed E-state index contributed by atoms with van der Waals surface area (Å²) in [6.07, 6.45) is 0. The first-order valence-corrected chi connectivity index (χ1v) is 19.3. The topological polar surface area (TPSA) is 55.4 Å². The number of ether oxygens (including phenoxy) is 6. The van der Waals surface area contributed by atoms with E-state index in [0.717, 1.165) is 49.7 Å². The summed E-state index contributed by atoms with van der Waals surface area (Å²) in [7, 11) is 0. The molecule has 5 aromatic rings.